The molecule has 1 fully saturated rings. The molecule has 1 atom stereocenters. The standard InChI is InChI=1S/C12H13N3O2/c13-7-9-1-3-10(4-2-9)15-6-5-11(8-14)17-12(15)16/h1-4,11H,5-6,8,14H2. The van der Waals surface area contributed by atoms with E-state index in [-0.39, 0.29) is 12.2 Å². The maximum absolute atomic E-state index is 11.7. The third-order valence-electron chi connectivity index (χ3n) is 2.73. The summed E-state index contributed by atoms with van der Waals surface area (Å²) in [5, 5.41) is 8.69. The van der Waals surface area contributed by atoms with Crippen molar-refractivity contribution in [1.29, 1.82) is 5.26 Å². The minimum Gasteiger partial charge on any atom is -0.444 e. The van der Waals surface area contributed by atoms with Crippen molar-refractivity contribution in [3.05, 3.63) is 29.8 Å². The fourth-order valence-corrected chi connectivity index (χ4v) is 1.75. The largest absolute Gasteiger partial charge is 0.444 e. The van der Waals surface area contributed by atoms with E-state index in [2.05, 4.69) is 0 Å². The Hall–Kier alpha value is -2.06. The molecule has 1 aromatic rings. The summed E-state index contributed by atoms with van der Waals surface area (Å²) in [6.07, 6.45) is 0.163. The van der Waals surface area contributed by atoms with E-state index >= 15 is 0 Å². The number of carbonyl (C=O) groups excluding carboxylic acids is 1. The second kappa shape index (κ2) is 4.85. The Bertz CT molecular complexity index is 450. The lowest BCUT2D eigenvalue weighted by atomic mass is 10.1. The van der Waals surface area contributed by atoms with E-state index in [0.717, 1.165) is 12.1 Å². The number of nitrogens with two attached hydrogens (primary N) is 1. The van der Waals surface area contributed by atoms with Crippen molar-refractivity contribution in [2.24, 2.45) is 5.73 Å². The molecule has 0 saturated carbocycles. The Kier molecular flexibility index (Phi) is 3.26. The quantitative estimate of drug-likeness (QED) is 0.830. The molecule has 1 heterocycles. The van der Waals surface area contributed by atoms with Gasteiger partial charge in [-0.1, -0.05) is 0 Å². The summed E-state index contributed by atoms with van der Waals surface area (Å²) in [6, 6.07) is 8.87. The average molecular weight is 231 g/mol. The summed E-state index contributed by atoms with van der Waals surface area (Å²) >= 11 is 0. The van der Waals surface area contributed by atoms with Crippen LogP contribution in [0.5, 0.6) is 0 Å². The predicted molar refractivity (Wildman–Crippen MR) is 62.4 cm³/mol. The van der Waals surface area contributed by atoms with Crippen LogP contribution >= 0.6 is 0 Å². The molecule has 0 radical (unpaired) electrons. The maximum Gasteiger partial charge on any atom is 0.414 e. The van der Waals surface area contributed by atoms with Gasteiger partial charge in [0.15, 0.2) is 0 Å². The van der Waals surface area contributed by atoms with Crippen molar-refractivity contribution in [2.75, 3.05) is 18.0 Å². The Morgan fingerprint density at radius 1 is 1.47 bits per heavy atom. The van der Waals surface area contributed by atoms with Gasteiger partial charge in [-0.15, -0.1) is 0 Å². The monoisotopic (exact) mass is 231 g/mol. The molecule has 2 rings (SSSR count). The van der Waals surface area contributed by atoms with E-state index in [0.29, 0.717) is 18.7 Å². The topological polar surface area (TPSA) is 79.3 Å². The molecule has 0 aliphatic carbocycles. The van der Waals surface area contributed by atoms with Gasteiger partial charge in [0, 0.05) is 25.2 Å². The fourth-order valence-electron chi connectivity index (χ4n) is 1.75. The number of amides is 1. The van der Waals surface area contributed by atoms with E-state index in [4.69, 9.17) is 15.7 Å². The molecule has 1 unspecified atom stereocenters. The van der Waals surface area contributed by atoms with Crippen molar-refractivity contribution in [1.82, 2.24) is 0 Å². The lowest BCUT2D eigenvalue weighted by Gasteiger charge is -2.31. The normalized spacial score (nSPS) is 19.6. The molecule has 1 saturated heterocycles. The van der Waals surface area contributed by atoms with Gasteiger partial charge in [0.1, 0.15) is 6.10 Å². The number of anilines is 1. The Morgan fingerprint density at radius 3 is 2.71 bits per heavy atom. The third kappa shape index (κ3) is 2.37. The smallest absolute Gasteiger partial charge is 0.414 e. The molecule has 5 nitrogen and oxygen atoms in total. The molecule has 0 spiro atoms. The molecule has 1 amide bonds. The first-order valence-corrected chi connectivity index (χ1v) is 5.43. The first kappa shape index (κ1) is 11.4. The highest BCUT2D eigenvalue weighted by atomic mass is 16.6. The van der Waals surface area contributed by atoms with Gasteiger partial charge in [-0.3, -0.25) is 4.90 Å². The number of nitrogens with zero attached hydrogens (tertiary/aromatic N) is 2. The number of nitriles is 1. The van der Waals surface area contributed by atoms with E-state index in [9.17, 15) is 4.79 Å². The van der Waals surface area contributed by atoms with Crippen LogP contribution in [0.25, 0.3) is 0 Å². The Balaban J connectivity index is 2.12. The molecular weight excluding hydrogens is 218 g/mol. The number of hydrogen-bond acceptors (Lipinski definition) is 4. The van der Waals surface area contributed by atoms with Gasteiger partial charge in [0.05, 0.1) is 11.6 Å². The molecular formula is C12H13N3O2. The summed E-state index contributed by atoms with van der Waals surface area (Å²) in [6.45, 7) is 0.944. The predicted octanol–water partition coefficient (Wildman–Crippen LogP) is 1.23. The van der Waals surface area contributed by atoms with Crippen LogP contribution in [0, 0.1) is 11.3 Å². The van der Waals surface area contributed by atoms with Crippen LogP contribution in [0.1, 0.15) is 12.0 Å². The average Bonchev–Trinajstić information content (AvgIpc) is 2.39. The summed E-state index contributed by atoms with van der Waals surface area (Å²) in [7, 11) is 0. The highest BCUT2D eigenvalue weighted by Gasteiger charge is 2.27. The molecule has 5 heteroatoms. The van der Waals surface area contributed by atoms with Gasteiger partial charge in [-0.2, -0.15) is 5.26 Å². The maximum atomic E-state index is 11.7. The zero-order valence-corrected chi connectivity index (χ0v) is 9.30. The van der Waals surface area contributed by atoms with Crippen molar-refractivity contribution in [3.63, 3.8) is 0 Å². The SMILES string of the molecule is N#Cc1ccc(N2CCC(CN)OC2=O)cc1. The van der Waals surface area contributed by atoms with Gasteiger partial charge in [-0.05, 0) is 24.3 Å². The molecule has 0 bridgehead atoms. The highest BCUT2D eigenvalue weighted by Crippen LogP contribution is 2.21. The summed E-state index contributed by atoms with van der Waals surface area (Å²) < 4.78 is 5.16. The minimum absolute atomic E-state index is 0.183. The van der Waals surface area contributed by atoms with Gasteiger partial charge in [-0.25, -0.2) is 4.79 Å². The second-order valence-electron chi connectivity index (χ2n) is 3.84. The lowest BCUT2D eigenvalue weighted by Crippen LogP contribution is -2.44. The van der Waals surface area contributed by atoms with Crippen LogP contribution in [-0.4, -0.2) is 25.3 Å². The zero-order chi connectivity index (χ0) is 12.3. The number of ether oxygens (including phenoxy) is 1. The molecule has 1 aliphatic heterocycles. The first-order valence-electron chi connectivity index (χ1n) is 5.43. The van der Waals surface area contributed by atoms with Crippen LogP contribution in [0.4, 0.5) is 10.5 Å². The van der Waals surface area contributed by atoms with Crippen LogP contribution in [0.15, 0.2) is 24.3 Å². The van der Waals surface area contributed by atoms with Crippen LogP contribution < -0.4 is 10.6 Å². The third-order valence-corrected chi connectivity index (χ3v) is 2.73. The number of hydrogen-bond donors (Lipinski definition) is 1. The van der Waals surface area contributed by atoms with Crippen LogP contribution in [0.2, 0.25) is 0 Å². The zero-order valence-electron chi connectivity index (χ0n) is 9.30. The molecule has 1 aromatic carbocycles. The van der Waals surface area contributed by atoms with Gasteiger partial charge >= 0.3 is 6.09 Å². The fraction of sp³-hybridized carbons (Fsp3) is 0.333. The summed E-state index contributed by atoms with van der Waals surface area (Å²) in [5.74, 6) is 0. The number of benzene rings is 1. The van der Waals surface area contributed by atoms with Crippen molar-refractivity contribution >= 4 is 11.8 Å². The highest BCUT2D eigenvalue weighted by molar-refractivity contribution is 5.88. The molecule has 2 N–H and O–H groups in total. The van der Waals surface area contributed by atoms with E-state index < -0.39 is 0 Å². The number of carbonyl (C=O) groups is 1. The molecule has 0 aromatic heterocycles. The second-order valence-corrected chi connectivity index (χ2v) is 3.84. The Morgan fingerprint density at radius 2 is 2.18 bits per heavy atom. The van der Waals surface area contributed by atoms with E-state index in [1.807, 2.05) is 6.07 Å². The number of cyclic esters (lactones) is 1. The van der Waals surface area contributed by atoms with E-state index in [1.165, 1.54) is 0 Å². The summed E-state index contributed by atoms with van der Waals surface area (Å²) in [4.78, 5) is 13.3. The van der Waals surface area contributed by atoms with Gasteiger partial charge < -0.3 is 10.5 Å². The van der Waals surface area contributed by atoms with Crippen molar-refractivity contribution < 1.29 is 9.53 Å². The Labute approximate surface area is 99.4 Å². The minimum atomic E-state index is -0.378. The lowest BCUT2D eigenvalue weighted by molar-refractivity contribution is 0.0888. The van der Waals surface area contributed by atoms with Crippen molar-refractivity contribution in [3.8, 4) is 6.07 Å². The van der Waals surface area contributed by atoms with Gasteiger partial charge in [0.25, 0.3) is 0 Å². The van der Waals surface area contributed by atoms with E-state index in [1.54, 1.807) is 29.2 Å². The van der Waals surface area contributed by atoms with Crippen LogP contribution in [0.3, 0.4) is 0 Å². The summed E-state index contributed by atoms with van der Waals surface area (Å²) in [5.41, 5.74) is 6.76. The van der Waals surface area contributed by atoms with Crippen molar-refractivity contribution in [2.45, 2.75) is 12.5 Å². The van der Waals surface area contributed by atoms with Gasteiger partial charge in [0.2, 0.25) is 0 Å². The molecule has 1 aliphatic rings. The molecule has 88 valence electrons. The molecule has 17 heavy (non-hydrogen) atoms. The van der Waals surface area contributed by atoms with Crippen LogP contribution in [-0.2, 0) is 4.74 Å². The number of rotatable bonds is 2. The first-order chi connectivity index (χ1) is 8.24.